The number of halogens is 1. The molecule has 0 bridgehead atoms. The predicted octanol–water partition coefficient (Wildman–Crippen LogP) is 3.33. The number of nitrogens with one attached hydrogen (secondary N) is 1. The summed E-state index contributed by atoms with van der Waals surface area (Å²) in [4.78, 5) is 0. The Kier molecular flexibility index (Phi) is 8.84. The van der Waals surface area contributed by atoms with Crippen LogP contribution in [0.1, 0.15) is 32.5 Å². The first-order valence-electron chi connectivity index (χ1n) is 7.11. The number of hydrogen-bond donors (Lipinski definition) is 1. The van der Waals surface area contributed by atoms with Gasteiger partial charge in [-0.25, -0.2) is 0 Å². The first-order valence-corrected chi connectivity index (χ1v) is 9.06. The molecular formula is C14H26BrN3OS. The molecule has 0 fully saturated rings. The van der Waals surface area contributed by atoms with Gasteiger partial charge in [-0.05, 0) is 34.1 Å². The van der Waals surface area contributed by atoms with Gasteiger partial charge in [0.25, 0.3) is 0 Å². The Labute approximate surface area is 135 Å². The number of methoxy groups -OCH3 is 1. The highest BCUT2D eigenvalue weighted by Gasteiger charge is 2.19. The molecule has 0 aromatic carbocycles. The van der Waals surface area contributed by atoms with E-state index in [1.807, 2.05) is 22.6 Å². The van der Waals surface area contributed by atoms with E-state index in [9.17, 15) is 0 Å². The van der Waals surface area contributed by atoms with E-state index in [2.05, 4.69) is 47.1 Å². The average Bonchev–Trinajstić information content (AvgIpc) is 2.76. The van der Waals surface area contributed by atoms with Crippen LogP contribution in [0, 0.1) is 5.92 Å². The number of rotatable bonds is 10. The lowest BCUT2D eigenvalue weighted by Gasteiger charge is -2.20. The summed E-state index contributed by atoms with van der Waals surface area (Å²) in [7, 11) is 1.72. The summed E-state index contributed by atoms with van der Waals surface area (Å²) in [6, 6.07) is 0.317. The van der Waals surface area contributed by atoms with Gasteiger partial charge >= 0.3 is 0 Å². The fourth-order valence-electron chi connectivity index (χ4n) is 1.98. The maximum Gasteiger partial charge on any atom is 0.0705 e. The Hall–Kier alpha value is -0.0400. The number of ether oxygens (including phenoxy) is 1. The molecule has 0 aliphatic heterocycles. The lowest BCUT2D eigenvalue weighted by molar-refractivity contribution is 0.182. The van der Waals surface area contributed by atoms with E-state index in [0.717, 1.165) is 29.2 Å². The van der Waals surface area contributed by atoms with Gasteiger partial charge in [0, 0.05) is 12.9 Å². The minimum absolute atomic E-state index is 0.317. The van der Waals surface area contributed by atoms with Crippen molar-refractivity contribution in [2.45, 2.75) is 33.4 Å². The van der Waals surface area contributed by atoms with Gasteiger partial charge in [-0.3, -0.25) is 4.68 Å². The van der Waals surface area contributed by atoms with Crippen LogP contribution in [0.25, 0.3) is 0 Å². The quantitative estimate of drug-likeness (QED) is 0.691. The van der Waals surface area contributed by atoms with Gasteiger partial charge in [0.15, 0.2) is 0 Å². The molecule has 0 radical (unpaired) electrons. The van der Waals surface area contributed by atoms with Crippen LogP contribution < -0.4 is 5.32 Å². The molecule has 1 N–H and O–H groups in total. The number of hydrogen-bond acceptors (Lipinski definition) is 4. The maximum absolute atomic E-state index is 5.16. The van der Waals surface area contributed by atoms with Crippen LogP contribution in [-0.4, -0.2) is 41.5 Å². The molecule has 0 aliphatic rings. The molecule has 1 aromatic rings. The molecule has 1 aromatic heterocycles. The van der Waals surface area contributed by atoms with Crippen molar-refractivity contribution in [3.8, 4) is 0 Å². The van der Waals surface area contributed by atoms with Crippen molar-refractivity contribution in [1.29, 1.82) is 0 Å². The van der Waals surface area contributed by atoms with Crippen molar-refractivity contribution in [2.75, 3.05) is 31.8 Å². The normalized spacial score (nSPS) is 13.1. The highest BCUT2D eigenvalue weighted by Crippen LogP contribution is 2.26. The Morgan fingerprint density at radius 3 is 2.80 bits per heavy atom. The summed E-state index contributed by atoms with van der Waals surface area (Å²) in [5.74, 6) is 2.97. The number of thioether (sulfide) groups is 1. The fraction of sp³-hybridized carbons (Fsp3) is 0.786. The third kappa shape index (κ3) is 5.76. The minimum atomic E-state index is 0.317. The summed E-state index contributed by atoms with van der Waals surface area (Å²) in [5.41, 5.74) is 1.22. The van der Waals surface area contributed by atoms with Gasteiger partial charge in [-0.1, -0.05) is 20.8 Å². The van der Waals surface area contributed by atoms with Crippen molar-refractivity contribution in [3.05, 3.63) is 16.4 Å². The molecule has 4 nitrogen and oxygen atoms in total. The maximum atomic E-state index is 5.16. The highest BCUT2D eigenvalue weighted by molar-refractivity contribution is 9.10. The Bertz CT molecular complexity index is 384. The van der Waals surface area contributed by atoms with Crippen molar-refractivity contribution in [3.63, 3.8) is 0 Å². The smallest absolute Gasteiger partial charge is 0.0705 e. The zero-order chi connectivity index (χ0) is 15.0. The van der Waals surface area contributed by atoms with E-state index in [0.29, 0.717) is 12.6 Å². The van der Waals surface area contributed by atoms with E-state index in [-0.39, 0.29) is 0 Å². The summed E-state index contributed by atoms with van der Waals surface area (Å²) < 4.78 is 8.27. The topological polar surface area (TPSA) is 39.1 Å². The SMILES string of the molecule is CCNC(CSCC(C)C)c1c(Br)cnn1CCOC. The summed E-state index contributed by atoms with van der Waals surface area (Å²) in [5, 5.41) is 8.00. The lowest BCUT2D eigenvalue weighted by Crippen LogP contribution is -2.27. The first-order chi connectivity index (χ1) is 9.60. The van der Waals surface area contributed by atoms with Crippen LogP contribution in [0.3, 0.4) is 0 Å². The molecule has 0 amide bonds. The van der Waals surface area contributed by atoms with Gasteiger partial charge in [-0.15, -0.1) is 0 Å². The first kappa shape index (κ1) is 18.0. The van der Waals surface area contributed by atoms with Gasteiger partial charge in [0.1, 0.15) is 0 Å². The molecule has 1 atom stereocenters. The molecule has 0 saturated carbocycles. The second kappa shape index (κ2) is 9.82. The summed E-state index contributed by atoms with van der Waals surface area (Å²) >= 11 is 5.62. The molecule has 20 heavy (non-hydrogen) atoms. The van der Waals surface area contributed by atoms with E-state index in [1.165, 1.54) is 11.4 Å². The van der Waals surface area contributed by atoms with Crippen molar-refractivity contribution < 1.29 is 4.74 Å². The Morgan fingerprint density at radius 2 is 2.20 bits per heavy atom. The van der Waals surface area contributed by atoms with Crippen LogP contribution >= 0.6 is 27.7 Å². The molecule has 1 heterocycles. The molecule has 0 saturated heterocycles. The Balaban J connectivity index is 2.76. The largest absolute Gasteiger partial charge is 0.383 e. The molecule has 1 rings (SSSR count). The molecule has 1 unspecified atom stereocenters. The standard InChI is InChI=1S/C14H26BrN3OS/c1-5-16-13(10-20-9-11(2)3)14-12(15)8-17-18(14)6-7-19-4/h8,11,13,16H,5-7,9-10H2,1-4H3. The van der Waals surface area contributed by atoms with Gasteiger partial charge in [0.05, 0.1) is 35.6 Å². The zero-order valence-electron chi connectivity index (χ0n) is 12.9. The van der Waals surface area contributed by atoms with Crippen LogP contribution in [-0.2, 0) is 11.3 Å². The Morgan fingerprint density at radius 1 is 1.45 bits per heavy atom. The molecule has 0 aliphatic carbocycles. The minimum Gasteiger partial charge on any atom is -0.383 e. The summed E-state index contributed by atoms with van der Waals surface area (Å²) in [6.07, 6.45) is 1.88. The second-order valence-corrected chi connectivity index (χ2v) is 7.06. The molecule has 116 valence electrons. The van der Waals surface area contributed by atoms with Gasteiger partial charge in [0.2, 0.25) is 0 Å². The van der Waals surface area contributed by atoms with Crippen molar-refractivity contribution >= 4 is 27.7 Å². The molecule has 0 spiro atoms. The van der Waals surface area contributed by atoms with E-state index in [4.69, 9.17) is 4.74 Å². The third-order valence-electron chi connectivity index (χ3n) is 2.86. The van der Waals surface area contributed by atoms with Crippen molar-refractivity contribution in [1.82, 2.24) is 15.1 Å². The lowest BCUT2D eigenvalue weighted by atomic mass is 10.2. The molecule has 6 heteroatoms. The van der Waals surface area contributed by atoms with Gasteiger partial charge in [-0.2, -0.15) is 16.9 Å². The van der Waals surface area contributed by atoms with Crippen LogP contribution in [0.2, 0.25) is 0 Å². The fourth-order valence-corrected chi connectivity index (χ4v) is 3.67. The highest BCUT2D eigenvalue weighted by atomic mass is 79.9. The predicted molar refractivity (Wildman–Crippen MR) is 90.4 cm³/mol. The molecular weight excluding hydrogens is 338 g/mol. The zero-order valence-corrected chi connectivity index (χ0v) is 15.3. The van der Waals surface area contributed by atoms with Crippen LogP contribution in [0.4, 0.5) is 0 Å². The monoisotopic (exact) mass is 363 g/mol. The van der Waals surface area contributed by atoms with Crippen molar-refractivity contribution in [2.24, 2.45) is 5.92 Å². The summed E-state index contributed by atoms with van der Waals surface area (Å²) in [6.45, 7) is 9.08. The van der Waals surface area contributed by atoms with Crippen LogP contribution in [0.5, 0.6) is 0 Å². The third-order valence-corrected chi connectivity index (χ3v) is 4.94. The van der Waals surface area contributed by atoms with Crippen LogP contribution in [0.15, 0.2) is 10.7 Å². The van der Waals surface area contributed by atoms with E-state index in [1.54, 1.807) is 7.11 Å². The average molecular weight is 364 g/mol. The second-order valence-electron chi connectivity index (χ2n) is 5.14. The number of aromatic nitrogens is 2. The van der Waals surface area contributed by atoms with Gasteiger partial charge < -0.3 is 10.1 Å². The number of nitrogens with zero attached hydrogens (tertiary/aromatic N) is 2. The van der Waals surface area contributed by atoms with E-state index >= 15 is 0 Å². The van der Waals surface area contributed by atoms with E-state index < -0.39 is 0 Å².